The number of para-hydroxylation sites is 2. The Hall–Kier alpha value is -5.31. The summed E-state index contributed by atoms with van der Waals surface area (Å²) < 4.78 is 122. The summed E-state index contributed by atoms with van der Waals surface area (Å²) in [6.07, 6.45) is -4.71. The zero-order chi connectivity index (χ0) is 35.2. The molecule has 0 spiro atoms. The number of nitrogens with zero attached hydrogens (tertiary/aromatic N) is 8. The minimum Gasteiger partial charge on any atom is -0.276 e. The molecule has 4 aromatic heterocycles. The topological polar surface area (TPSA) is 178 Å². The van der Waals surface area contributed by atoms with Crippen LogP contribution in [0.5, 0.6) is 0 Å². The van der Waals surface area contributed by atoms with E-state index in [1.165, 1.54) is 21.2 Å². The van der Waals surface area contributed by atoms with E-state index in [1.54, 1.807) is 39.8 Å². The molecule has 48 heavy (non-hydrogen) atoms. The Balaban J connectivity index is 0.000000188. The molecule has 4 heterocycles. The number of alkyl halides is 3. The Morgan fingerprint density at radius 3 is 1.58 bits per heavy atom. The largest absolute Gasteiger partial charge is 0.418 e. The first kappa shape index (κ1) is 34.0. The number of sulfonamides is 2. The van der Waals surface area contributed by atoms with Gasteiger partial charge >= 0.3 is 6.18 Å². The molecule has 252 valence electrons. The number of halogens is 5. The molecule has 2 aromatic carbocycles. The van der Waals surface area contributed by atoms with Crippen LogP contribution in [0.2, 0.25) is 0 Å². The first-order valence-corrected chi connectivity index (χ1v) is 16.4. The van der Waals surface area contributed by atoms with E-state index in [0.29, 0.717) is 22.8 Å². The fourth-order valence-corrected chi connectivity index (χ4v) is 6.20. The molecule has 2 N–H and O–H groups in total. The highest BCUT2D eigenvalue weighted by Crippen LogP contribution is 2.35. The van der Waals surface area contributed by atoms with Crippen LogP contribution in [0.25, 0.3) is 11.6 Å². The van der Waals surface area contributed by atoms with Gasteiger partial charge in [0.25, 0.3) is 41.9 Å². The van der Waals surface area contributed by atoms with Crippen LogP contribution in [0.4, 0.5) is 33.3 Å². The number of anilines is 2. The highest BCUT2D eigenvalue weighted by molar-refractivity contribution is 7.92. The first-order chi connectivity index (χ1) is 22.4. The predicted molar refractivity (Wildman–Crippen MR) is 160 cm³/mol. The number of aromatic nitrogens is 8. The number of rotatable bonds is 6. The summed E-state index contributed by atoms with van der Waals surface area (Å²) in [5.74, 6) is -1.95. The SMILES string of the molecule is Cc1cc(C)n2nc(S(=O)(=O)Nc3c(F)cccc3F)nc2n1.Cc1cc(C)n2nc(S(=O)(=O)Nc3ccccc3C(F)(F)F)nc2n1. The molecule has 6 rings (SSSR count). The Morgan fingerprint density at radius 1 is 0.646 bits per heavy atom. The minimum absolute atomic E-state index is 0.0435. The highest BCUT2D eigenvalue weighted by atomic mass is 32.2. The van der Waals surface area contributed by atoms with Crippen LogP contribution >= 0.6 is 0 Å². The summed E-state index contributed by atoms with van der Waals surface area (Å²) in [6.45, 7) is 6.81. The van der Waals surface area contributed by atoms with Gasteiger partial charge in [-0.25, -0.2) is 27.8 Å². The zero-order valence-electron chi connectivity index (χ0n) is 25.1. The molecule has 0 saturated heterocycles. The van der Waals surface area contributed by atoms with E-state index < -0.39 is 65.1 Å². The van der Waals surface area contributed by atoms with E-state index in [-0.39, 0.29) is 11.6 Å². The lowest BCUT2D eigenvalue weighted by atomic mass is 10.2. The second kappa shape index (κ2) is 12.4. The molecule has 21 heteroatoms. The summed E-state index contributed by atoms with van der Waals surface area (Å²) >= 11 is 0. The van der Waals surface area contributed by atoms with Crippen molar-refractivity contribution in [2.75, 3.05) is 9.44 Å². The Morgan fingerprint density at radius 2 is 1.10 bits per heavy atom. The first-order valence-electron chi connectivity index (χ1n) is 13.4. The maximum absolute atomic E-state index is 13.6. The number of aryl methyl sites for hydroxylation is 4. The van der Waals surface area contributed by atoms with Crippen molar-refractivity contribution in [1.82, 2.24) is 39.2 Å². The van der Waals surface area contributed by atoms with Gasteiger partial charge in [0.15, 0.2) is 0 Å². The number of hydrogen-bond donors (Lipinski definition) is 2. The molecule has 0 bridgehead atoms. The van der Waals surface area contributed by atoms with E-state index in [4.69, 9.17) is 0 Å². The average Bonchev–Trinajstić information content (AvgIpc) is 3.61. The van der Waals surface area contributed by atoms with Crippen LogP contribution in [0, 0.1) is 39.3 Å². The zero-order valence-corrected chi connectivity index (χ0v) is 26.7. The van der Waals surface area contributed by atoms with Crippen LogP contribution < -0.4 is 9.44 Å². The third-order valence-electron chi connectivity index (χ3n) is 6.35. The lowest BCUT2D eigenvalue weighted by Gasteiger charge is -2.13. The third kappa shape index (κ3) is 7.00. The summed E-state index contributed by atoms with van der Waals surface area (Å²) in [5.41, 5.74) is -0.0312. The Bertz CT molecular complexity index is 2390. The lowest BCUT2D eigenvalue weighted by molar-refractivity contribution is -0.136. The quantitative estimate of drug-likeness (QED) is 0.236. The Kier molecular flexibility index (Phi) is 8.77. The van der Waals surface area contributed by atoms with Crippen LogP contribution in [0.15, 0.2) is 64.9 Å². The lowest BCUT2D eigenvalue weighted by Crippen LogP contribution is -2.18. The molecule has 0 aliphatic rings. The normalized spacial score (nSPS) is 12.2. The molecule has 0 radical (unpaired) electrons. The Labute approximate surface area is 268 Å². The second-order valence-electron chi connectivity index (χ2n) is 10.1. The van der Waals surface area contributed by atoms with Crippen molar-refractivity contribution >= 4 is 43.0 Å². The van der Waals surface area contributed by atoms with Crippen LogP contribution in [-0.2, 0) is 26.2 Å². The predicted octanol–water partition coefficient (Wildman–Crippen LogP) is 4.38. The number of benzene rings is 2. The number of nitrogens with one attached hydrogen (secondary N) is 2. The van der Waals surface area contributed by atoms with Crippen molar-refractivity contribution < 1.29 is 38.8 Å². The van der Waals surface area contributed by atoms with Crippen molar-refractivity contribution in [3.05, 3.63) is 94.6 Å². The smallest absolute Gasteiger partial charge is 0.276 e. The van der Waals surface area contributed by atoms with E-state index >= 15 is 0 Å². The monoisotopic (exact) mass is 710 g/mol. The van der Waals surface area contributed by atoms with Crippen molar-refractivity contribution in [1.29, 1.82) is 0 Å². The maximum Gasteiger partial charge on any atom is 0.418 e. The molecule has 0 fully saturated rings. The molecule has 0 aliphatic heterocycles. The van der Waals surface area contributed by atoms with E-state index in [9.17, 15) is 38.8 Å². The van der Waals surface area contributed by atoms with Gasteiger partial charge in [-0.1, -0.05) is 18.2 Å². The molecule has 0 aliphatic carbocycles. The van der Waals surface area contributed by atoms with Crippen LogP contribution in [0.3, 0.4) is 0 Å². The fraction of sp³-hybridized carbons (Fsp3) is 0.185. The van der Waals surface area contributed by atoms with Crippen molar-refractivity contribution in [3.8, 4) is 0 Å². The van der Waals surface area contributed by atoms with Gasteiger partial charge in [-0.3, -0.25) is 9.44 Å². The minimum atomic E-state index is -4.71. The van der Waals surface area contributed by atoms with Gasteiger partial charge in [0, 0.05) is 22.8 Å². The summed E-state index contributed by atoms with van der Waals surface area (Å²) in [5, 5.41) is 6.37. The molecule has 14 nitrogen and oxygen atoms in total. The molecular weight excluding hydrogens is 687 g/mol. The van der Waals surface area contributed by atoms with Gasteiger partial charge in [0.05, 0.1) is 11.3 Å². The van der Waals surface area contributed by atoms with Crippen molar-refractivity contribution in [3.63, 3.8) is 0 Å². The van der Waals surface area contributed by atoms with Gasteiger partial charge in [0.1, 0.15) is 17.3 Å². The molecule has 0 saturated carbocycles. The van der Waals surface area contributed by atoms with E-state index in [2.05, 4.69) is 30.1 Å². The van der Waals surface area contributed by atoms with Gasteiger partial charge < -0.3 is 0 Å². The number of fused-ring (bicyclic) bond motifs is 2. The third-order valence-corrected chi connectivity index (χ3v) is 8.62. The second-order valence-corrected chi connectivity index (χ2v) is 13.3. The van der Waals surface area contributed by atoms with Gasteiger partial charge in [0.2, 0.25) is 0 Å². The summed E-state index contributed by atoms with van der Waals surface area (Å²) in [6, 6.07) is 10.6. The van der Waals surface area contributed by atoms with E-state index in [0.717, 1.165) is 30.3 Å². The maximum atomic E-state index is 13.6. The molecule has 6 aromatic rings. The van der Waals surface area contributed by atoms with Gasteiger partial charge in [-0.2, -0.15) is 40.0 Å². The van der Waals surface area contributed by atoms with E-state index in [1.807, 2.05) is 9.44 Å². The van der Waals surface area contributed by atoms with Crippen LogP contribution in [-0.4, -0.2) is 56.0 Å². The molecule has 0 amide bonds. The van der Waals surface area contributed by atoms with Crippen molar-refractivity contribution in [2.45, 2.75) is 44.2 Å². The molecule has 0 unspecified atom stereocenters. The summed E-state index contributed by atoms with van der Waals surface area (Å²) in [7, 11) is -8.78. The standard InChI is InChI=1S/C14H12F3N5O2S.C13H11F2N5O2S/c1-8-7-9(2)22-12(18-8)19-13(20-22)25(23,24)21-11-6-4-3-5-10(11)14(15,16)17;1-7-6-8(2)20-12(16-7)17-13(18-20)23(21,22)19-11-9(14)4-3-5-10(11)15/h3-7,21H,1-2H3;3-6,19H,1-2H3. The highest BCUT2D eigenvalue weighted by Gasteiger charge is 2.35. The average molecular weight is 711 g/mol. The van der Waals surface area contributed by atoms with Gasteiger partial charge in [-0.05, 0) is 64.1 Å². The molecular formula is C27H23F5N10O4S2. The van der Waals surface area contributed by atoms with Crippen molar-refractivity contribution in [2.24, 2.45) is 0 Å². The molecule has 0 atom stereocenters. The number of hydrogen-bond acceptors (Lipinski definition) is 10. The fourth-order valence-electron chi connectivity index (χ4n) is 4.31. The van der Waals surface area contributed by atoms with Crippen LogP contribution in [0.1, 0.15) is 28.3 Å². The summed E-state index contributed by atoms with van der Waals surface area (Å²) in [4.78, 5) is 15.7. The van der Waals surface area contributed by atoms with Gasteiger partial charge in [-0.15, -0.1) is 10.2 Å².